The van der Waals surface area contributed by atoms with Crippen molar-refractivity contribution in [3.8, 4) is 0 Å². The lowest BCUT2D eigenvalue weighted by atomic mass is 9.96. The number of likely N-dealkylation sites (tertiary alicyclic amines) is 1. The zero-order chi connectivity index (χ0) is 15.4. The lowest BCUT2D eigenvalue weighted by molar-refractivity contribution is -0.138. The van der Waals surface area contributed by atoms with Crippen LogP contribution in [0.3, 0.4) is 0 Å². The summed E-state index contributed by atoms with van der Waals surface area (Å²) in [5.74, 6) is -1.08. The third-order valence-corrected chi connectivity index (χ3v) is 4.03. The third kappa shape index (κ3) is 3.80. The largest absolute Gasteiger partial charge is 0.481 e. The Bertz CT molecular complexity index is 475. The van der Waals surface area contributed by atoms with E-state index < -0.39 is 5.97 Å². The van der Waals surface area contributed by atoms with Crippen LogP contribution in [0.2, 0.25) is 0 Å². The van der Waals surface area contributed by atoms with Crippen molar-refractivity contribution in [2.75, 3.05) is 13.6 Å². The topological polar surface area (TPSA) is 90.3 Å². The zero-order valence-electron chi connectivity index (χ0n) is 12.2. The van der Waals surface area contributed by atoms with Crippen molar-refractivity contribution in [1.29, 1.82) is 0 Å². The SMILES string of the molecule is CN1N=C(C(=O)N2CCCCC2CCC(=O)O)CCC1=O. The predicted molar refractivity (Wildman–Crippen MR) is 75.7 cm³/mol. The molecular formula is C14H21N3O4. The summed E-state index contributed by atoms with van der Waals surface area (Å²) in [6.45, 7) is 0.639. The van der Waals surface area contributed by atoms with Crippen LogP contribution in [0.4, 0.5) is 0 Å². The van der Waals surface area contributed by atoms with E-state index in [1.54, 1.807) is 11.9 Å². The Morgan fingerprint density at radius 2 is 2.10 bits per heavy atom. The molecule has 0 aromatic carbocycles. The summed E-state index contributed by atoms with van der Waals surface area (Å²) >= 11 is 0. The molecule has 2 amide bonds. The molecular weight excluding hydrogens is 274 g/mol. The number of rotatable bonds is 4. The van der Waals surface area contributed by atoms with Crippen LogP contribution in [0.1, 0.15) is 44.9 Å². The summed E-state index contributed by atoms with van der Waals surface area (Å²) in [6, 6.07) is -0.0343. The fourth-order valence-electron chi connectivity index (χ4n) is 2.85. The Kier molecular flexibility index (Phi) is 4.93. The van der Waals surface area contributed by atoms with Gasteiger partial charge in [0.25, 0.3) is 5.91 Å². The van der Waals surface area contributed by atoms with Crippen molar-refractivity contribution in [1.82, 2.24) is 9.91 Å². The first kappa shape index (κ1) is 15.5. The summed E-state index contributed by atoms with van der Waals surface area (Å²) in [5.41, 5.74) is 0.402. The van der Waals surface area contributed by atoms with Gasteiger partial charge in [0.05, 0.1) is 0 Å². The molecule has 2 rings (SSSR count). The average molecular weight is 295 g/mol. The first-order valence-electron chi connectivity index (χ1n) is 7.36. The number of carbonyl (C=O) groups excluding carboxylic acids is 2. The number of carboxylic acid groups (broad SMARTS) is 1. The van der Waals surface area contributed by atoms with Gasteiger partial charge in [0, 0.05) is 38.9 Å². The van der Waals surface area contributed by atoms with Gasteiger partial charge in [-0.15, -0.1) is 0 Å². The lowest BCUT2D eigenvalue weighted by Crippen LogP contribution is -2.48. The lowest BCUT2D eigenvalue weighted by Gasteiger charge is -2.36. The average Bonchev–Trinajstić information content (AvgIpc) is 2.47. The van der Waals surface area contributed by atoms with Crippen molar-refractivity contribution < 1.29 is 19.5 Å². The highest BCUT2D eigenvalue weighted by Crippen LogP contribution is 2.22. The molecule has 2 heterocycles. The third-order valence-electron chi connectivity index (χ3n) is 4.03. The summed E-state index contributed by atoms with van der Waals surface area (Å²) in [6.07, 6.45) is 3.98. The van der Waals surface area contributed by atoms with Crippen LogP contribution in [0.15, 0.2) is 5.10 Å². The first-order chi connectivity index (χ1) is 9.99. The van der Waals surface area contributed by atoms with Crippen LogP contribution >= 0.6 is 0 Å². The highest BCUT2D eigenvalue weighted by Gasteiger charge is 2.31. The second-order valence-electron chi connectivity index (χ2n) is 5.54. The van der Waals surface area contributed by atoms with E-state index in [4.69, 9.17) is 5.11 Å². The molecule has 1 fully saturated rings. The highest BCUT2D eigenvalue weighted by atomic mass is 16.4. The summed E-state index contributed by atoms with van der Waals surface area (Å²) in [5, 5.41) is 14.1. The second kappa shape index (κ2) is 6.69. The Morgan fingerprint density at radius 3 is 2.76 bits per heavy atom. The van der Waals surface area contributed by atoms with Crippen LogP contribution < -0.4 is 0 Å². The normalized spacial score (nSPS) is 23.0. The van der Waals surface area contributed by atoms with E-state index >= 15 is 0 Å². The second-order valence-corrected chi connectivity index (χ2v) is 5.54. The minimum absolute atomic E-state index is 0.0343. The highest BCUT2D eigenvalue weighted by molar-refractivity contribution is 6.39. The van der Waals surface area contributed by atoms with Crippen LogP contribution in [-0.4, -0.2) is 58.1 Å². The number of hydrogen-bond acceptors (Lipinski definition) is 4. The molecule has 21 heavy (non-hydrogen) atoms. The van der Waals surface area contributed by atoms with Gasteiger partial charge < -0.3 is 10.0 Å². The summed E-state index contributed by atoms with van der Waals surface area (Å²) in [4.78, 5) is 36.5. The number of carbonyl (C=O) groups is 3. The van der Waals surface area contributed by atoms with Gasteiger partial charge >= 0.3 is 5.97 Å². The first-order valence-corrected chi connectivity index (χ1v) is 7.36. The molecule has 0 bridgehead atoms. The fraction of sp³-hybridized carbons (Fsp3) is 0.714. The Labute approximate surface area is 123 Å². The van der Waals surface area contributed by atoms with Gasteiger partial charge in [-0.05, 0) is 25.7 Å². The van der Waals surface area contributed by atoms with E-state index in [2.05, 4.69) is 5.10 Å². The summed E-state index contributed by atoms with van der Waals surface area (Å²) < 4.78 is 0. The molecule has 2 aliphatic heterocycles. The monoisotopic (exact) mass is 295 g/mol. The maximum Gasteiger partial charge on any atom is 0.303 e. The van der Waals surface area contributed by atoms with Crippen molar-refractivity contribution in [3.05, 3.63) is 0 Å². The van der Waals surface area contributed by atoms with Crippen molar-refractivity contribution in [2.45, 2.75) is 51.0 Å². The zero-order valence-corrected chi connectivity index (χ0v) is 12.2. The Hall–Kier alpha value is -1.92. The van der Waals surface area contributed by atoms with Crippen molar-refractivity contribution in [3.63, 3.8) is 0 Å². The molecule has 1 N–H and O–H groups in total. The molecule has 1 unspecified atom stereocenters. The van der Waals surface area contributed by atoms with E-state index in [-0.39, 0.29) is 24.3 Å². The molecule has 2 aliphatic rings. The van der Waals surface area contributed by atoms with E-state index in [0.29, 0.717) is 31.5 Å². The van der Waals surface area contributed by atoms with E-state index in [0.717, 1.165) is 19.3 Å². The number of piperidine rings is 1. The molecule has 0 aromatic heterocycles. The molecule has 0 saturated carbocycles. The van der Waals surface area contributed by atoms with Crippen molar-refractivity contribution in [2.24, 2.45) is 5.10 Å². The molecule has 7 heteroatoms. The van der Waals surface area contributed by atoms with Crippen LogP contribution in [0.5, 0.6) is 0 Å². The van der Waals surface area contributed by atoms with Gasteiger partial charge in [0.2, 0.25) is 5.91 Å². The maximum absolute atomic E-state index is 12.6. The van der Waals surface area contributed by atoms with E-state index in [1.165, 1.54) is 5.01 Å². The van der Waals surface area contributed by atoms with E-state index in [1.807, 2.05) is 0 Å². The maximum atomic E-state index is 12.6. The molecule has 0 aromatic rings. The molecule has 1 saturated heterocycles. The van der Waals surface area contributed by atoms with Gasteiger partial charge in [-0.3, -0.25) is 14.4 Å². The van der Waals surface area contributed by atoms with Gasteiger partial charge in [-0.1, -0.05) is 0 Å². The number of hydrazone groups is 1. The number of hydrogen-bond donors (Lipinski definition) is 1. The minimum Gasteiger partial charge on any atom is -0.481 e. The van der Waals surface area contributed by atoms with Crippen molar-refractivity contribution >= 4 is 23.5 Å². The van der Waals surface area contributed by atoms with Crippen LogP contribution in [-0.2, 0) is 14.4 Å². The number of carboxylic acids is 1. The molecule has 0 radical (unpaired) electrons. The standard InChI is InChI=1S/C14H21N3O4/c1-16-12(18)7-6-11(15-16)14(21)17-9-3-2-4-10(17)5-8-13(19)20/h10H,2-9H2,1H3,(H,19,20). The quantitative estimate of drug-likeness (QED) is 0.832. The predicted octanol–water partition coefficient (Wildman–Crippen LogP) is 0.840. The Balaban J connectivity index is 2.06. The molecule has 0 spiro atoms. The molecule has 0 aliphatic carbocycles. The van der Waals surface area contributed by atoms with Gasteiger partial charge in [-0.2, -0.15) is 5.10 Å². The molecule has 116 valence electrons. The number of amides is 2. The smallest absolute Gasteiger partial charge is 0.303 e. The fourth-order valence-corrected chi connectivity index (χ4v) is 2.85. The van der Waals surface area contributed by atoms with Gasteiger partial charge in [0.15, 0.2) is 0 Å². The Morgan fingerprint density at radius 1 is 1.33 bits per heavy atom. The molecule has 1 atom stereocenters. The number of aliphatic carboxylic acids is 1. The van der Waals surface area contributed by atoms with Crippen LogP contribution in [0, 0.1) is 0 Å². The minimum atomic E-state index is -0.840. The molecule has 7 nitrogen and oxygen atoms in total. The van der Waals surface area contributed by atoms with Gasteiger partial charge in [0.1, 0.15) is 5.71 Å². The van der Waals surface area contributed by atoms with Gasteiger partial charge in [-0.25, -0.2) is 5.01 Å². The number of nitrogens with zero attached hydrogens (tertiary/aromatic N) is 3. The van der Waals surface area contributed by atoms with Crippen LogP contribution in [0.25, 0.3) is 0 Å². The summed E-state index contributed by atoms with van der Waals surface area (Å²) in [7, 11) is 1.55. The van der Waals surface area contributed by atoms with E-state index in [9.17, 15) is 14.4 Å².